The maximum atomic E-state index is 13.3. The van der Waals surface area contributed by atoms with Gasteiger partial charge in [0.15, 0.2) is 0 Å². The number of nitrogens with one attached hydrogen (secondary N) is 1. The summed E-state index contributed by atoms with van der Waals surface area (Å²) in [6.07, 6.45) is 3.00. The van der Waals surface area contributed by atoms with Crippen LogP contribution < -0.4 is 5.32 Å². The smallest absolute Gasteiger partial charge is 0.142 e. The maximum Gasteiger partial charge on any atom is 0.142 e. The molecule has 0 aliphatic carbocycles. The Labute approximate surface area is 117 Å². The van der Waals surface area contributed by atoms with Gasteiger partial charge >= 0.3 is 0 Å². The Balaban J connectivity index is 1.97. The third kappa shape index (κ3) is 4.04. The standard InChI is InChI=1S/C14H17ClFN3/c1-2-6-17-9-12-5-7-19(18-12)10-11-3-4-13(15)14(16)8-11/h3-5,7-8,17H,2,6,9-10H2,1H3. The lowest BCUT2D eigenvalue weighted by molar-refractivity contribution is 0.612. The molecule has 0 fully saturated rings. The molecule has 0 spiro atoms. The fourth-order valence-electron chi connectivity index (χ4n) is 1.80. The van der Waals surface area contributed by atoms with Crippen molar-refractivity contribution in [2.45, 2.75) is 26.4 Å². The van der Waals surface area contributed by atoms with E-state index in [0.717, 1.165) is 30.8 Å². The van der Waals surface area contributed by atoms with Crippen molar-refractivity contribution in [1.82, 2.24) is 15.1 Å². The molecule has 0 saturated heterocycles. The van der Waals surface area contributed by atoms with Crippen molar-refractivity contribution in [2.75, 3.05) is 6.54 Å². The molecule has 2 rings (SSSR count). The van der Waals surface area contributed by atoms with E-state index < -0.39 is 5.82 Å². The van der Waals surface area contributed by atoms with Crippen molar-refractivity contribution in [2.24, 2.45) is 0 Å². The van der Waals surface area contributed by atoms with Crippen LogP contribution in [0.25, 0.3) is 0 Å². The van der Waals surface area contributed by atoms with Crippen LogP contribution >= 0.6 is 11.6 Å². The Hall–Kier alpha value is -1.39. The monoisotopic (exact) mass is 281 g/mol. The molecular weight excluding hydrogens is 265 g/mol. The molecule has 102 valence electrons. The van der Waals surface area contributed by atoms with Crippen LogP contribution in [0, 0.1) is 5.82 Å². The third-order valence-corrected chi connectivity index (χ3v) is 3.06. The zero-order chi connectivity index (χ0) is 13.7. The number of hydrogen-bond acceptors (Lipinski definition) is 2. The van der Waals surface area contributed by atoms with Crippen LogP contribution in [0.3, 0.4) is 0 Å². The van der Waals surface area contributed by atoms with Crippen LogP contribution in [0.5, 0.6) is 0 Å². The van der Waals surface area contributed by atoms with Crippen LogP contribution in [-0.4, -0.2) is 16.3 Å². The zero-order valence-electron chi connectivity index (χ0n) is 10.9. The van der Waals surface area contributed by atoms with Gasteiger partial charge < -0.3 is 5.32 Å². The fraction of sp³-hybridized carbons (Fsp3) is 0.357. The number of benzene rings is 1. The lowest BCUT2D eigenvalue weighted by atomic mass is 10.2. The Bertz CT molecular complexity index is 539. The third-order valence-electron chi connectivity index (χ3n) is 2.76. The molecule has 0 radical (unpaired) electrons. The van der Waals surface area contributed by atoms with Gasteiger partial charge in [0.1, 0.15) is 5.82 Å². The summed E-state index contributed by atoms with van der Waals surface area (Å²) in [5, 5.41) is 7.87. The van der Waals surface area contributed by atoms with Gasteiger partial charge in [0.05, 0.1) is 17.3 Å². The molecular formula is C14H17ClFN3. The topological polar surface area (TPSA) is 29.9 Å². The molecule has 1 N–H and O–H groups in total. The van der Waals surface area contributed by atoms with Gasteiger partial charge in [-0.3, -0.25) is 4.68 Å². The van der Waals surface area contributed by atoms with Crippen molar-refractivity contribution in [3.8, 4) is 0 Å². The predicted octanol–water partition coefficient (Wildman–Crippen LogP) is 3.22. The number of nitrogens with zero attached hydrogens (tertiary/aromatic N) is 2. The molecule has 3 nitrogen and oxygen atoms in total. The molecule has 5 heteroatoms. The maximum absolute atomic E-state index is 13.3. The van der Waals surface area contributed by atoms with Gasteiger partial charge in [0.2, 0.25) is 0 Å². The Kier molecular flexibility index (Phi) is 4.93. The van der Waals surface area contributed by atoms with Gasteiger partial charge in [-0.05, 0) is 36.7 Å². The van der Waals surface area contributed by atoms with Crippen molar-refractivity contribution in [3.63, 3.8) is 0 Å². The van der Waals surface area contributed by atoms with Crippen LogP contribution in [-0.2, 0) is 13.1 Å². The first-order valence-corrected chi connectivity index (χ1v) is 6.74. The van der Waals surface area contributed by atoms with E-state index in [4.69, 9.17) is 11.6 Å². The number of halogens is 2. The Morgan fingerprint density at radius 3 is 2.95 bits per heavy atom. The van der Waals surface area contributed by atoms with Gasteiger partial charge in [-0.25, -0.2) is 4.39 Å². The van der Waals surface area contributed by atoms with E-state index in [1.807, 2.05) is 18.3 Å². The van der Waals surface area contributed by atoms with Crippen molar-refractivity contribution < 1.29 is 4.39 Å². The number of aromatic nitrogens is 2. The second-order valence-corrected chi connectivity index (χ2v) is 4.84. The zero-order valence-corrected chi connectivity index (χ0v) is 11.6. The largest absolute Gasteiger partial charge is 0.311 e. The normalized spacial score (nSPS) is 10.9. The fourth-order valence-corrected chi connectivity index (χ4v) is 1.92. The molecule has 19 heavy (non-hydrogen) atoms. The first-order chi connectivity index (χ1) is 9.19. The van der Waals surface area contributed by atoms with Gasteiger partial charge in [0, 0.05) is 12.7 Å². The summed E-state index contributed by atoms with van der Waals surface area (Å²) in [4.78, 5) is 0. The second kappa shape index (κ2) is 6.68. The highest BCUT2D eigenvalue weighted by molar-refractivity contribution is 6.30. The van der Waals surface area contributed by atoms with Crippen LogP contribution in [0.2, 0.25) is 5.02 Å². The minimum Gasteiger partial charge on any atom is -0.311 e. The number of rotatable bonds is 6. The van der Waals surface area contributed by atoms with Crippen LogP contribution in [0.15, 0.2) is 30.5 Å². The average Bonchev–Trinajstić information content (AvgIpc) is 2.82. The van der Waals surface area contributed by atoms with E-state index in [9.17, 15) is 4.39 Å². The van der Waals surface area contributed by atoms with Gasteiger partial charge in [-0.1, -0.05) is 24.6 Å². The summed E-state index contributed by atoms with van der Waals surface area (Å²) in [5.74, 6) is -0.392. The summed E-state index contributed by atoms with van der Waals surface area (Å²) in [6, 6.07) is 6.79. The summed E-state index contributed by atoms with van der Waals surface area (Å²) in [7, 11) is 0. The molecule has 0 atom stereocenters. The molecule has 0 saturated carbocycles. The summed E-state index contributed by atoms with van der Waals surface area (Å²) in [5.41, 5.74) is 1.83. The average molecular weight is 282 g/mol. The second-order valence-electron chi connectivity index (χ2n) is 4.43. The molecule has 0 bridgehead atoms. The molecule has 1 aromatic carbocycles. The molecule has 0 aliphatic heterocycles. The van der Waals surface area contributed by atoms with Crippen molar-refractivity contribution in [3.05, 3.63) is 52.6 Å². The Morgan fingerprint density at radius 2 is 2.21 bits per heavy atom. The van der Waals surface area contributed by atoms with Gasteiger partial charge in [-0.15, -0.1) is 0 Å². The minimum absolute atomic E-state index is 0.147. The SMILES string of the molecule is CCCNCc1ccn(Cc2ccc(Cl)c(F)c2)n1. The Morgan fingerprint density at radius 1 is 1.37 bits per heavy atom. The predicted molar refractivity (Wildman–Crippen MR) is 74.7 cm³/mol. The molecule has 0 amide bonds. The molecule has 1 aromatic heterocycles. The molecule has 0 aliphatic rings. The van der Waals surface area contributed by atoms with Crippen LogP contribution in [0.4, 0.5) is 4.39 Å². The van der Waals surface area contributed by atoms with E-state index in [0.29, 0.717) is 6.54 Å². The van der Waals surface area contributed by atoms with E-state index in [1.54, 1.807) is 10.7 Å². The van der Waals surface area contributed by atoms with E-state index >= 15 is 0 Å². The van der Waals surface area contributed by atoms with Gasteiger partial charge in [-0.2, -0.15) is 5.10 Å². The number of hydrogen-bond donors (Lipinski definition) is 1. The summed E-state index contributed by atoms with van der Waals surface area (Å²) >= 11 is 5.65. The summed E-state index contributed by atoms with van der Waals surface area (Å²) < 4.78 is 15.1. The summed E-state index contributed by atoms with van der Waals surface area (Å²) in [6.45, 7) is 4.41. The lowest BCUT2D eigenvalue weighted by Gasteiger charge is -2.03. The quantitative estimate of drug-likeness (QED) is 0.824. The van der Waals surface area contributed by atoms with Crippen molar-refractivity contribution in [1.29, 1.82) is 0 Å². The minimum atomic E-state index is -0.392. The highest BCUT2D eigenvalue weighted by Crippen LogP contribution is 2.16. The van der Waals surface area contributed by atoms with Crippen molar-refractivity contribution >= 4 is 11.6 Å². The molecule has 2 aromatic rings. The first-order valence-electron chi connectivity index (χ1n) is 6.36. The highest BCUT2D eigenvalue weighted by Gasteiger charge is 2.03. The molecule has 0 unspecified atom stereocenters. The lowest BCUT2D eigenvalue weighted by Crippen LogP contribution is -2.14. The van der Waals surface area contributed by atoms with E-state index in [1.165, 1.54) is 6.07 Å². The highest BCUT2D eigenvalue weighted by atomic mass is 35.5. The van der Waals surface area contributed by atoms with Crippen LogP contribution in [0.1, 0.15) is 24.6 Å². The van der Waals surface area contributed by atoms with E-state index in [2.05, 4.69) is 17.3 Å². The van der Waals surface area contributed by atoms with E-state index in [-0.39, 0.29) is 5.02 Å². The first kappa shape index (κ1) is 14.0. The van der Waals surface area contributed by atoms with Gasteiger partial charge in [0.25, 0.3) is 0 Å². The molecule has 1 heterocycles.